The summed E-state index contributed by atoms with van der Waals surface area (Å²) < 4.78 is 0. The summed E-state index contributed by atoms with van der Waals surface area (Å²) in [6, 6.07) is 6.54. The van der Waals surface area contributed by atoms with Gasteiger partial charge in [0.25, 0.3) is 0 Å². The molecule has 0 heterocycles. The van der Waals surface area contributed by atoms with Crippen LogP contribution in [0.1, 0.15) is 0 Å². The number of nitrogens with two attached hydrogens (primary N) is 1. The van der Waals surface area contributed by atoms with Crippen LogP contribution in [0.5, 0.6) is 0 Å². The third-order valence-corrected chi connectivity index (χ3v) is 5.25. The van der Waals surface area contributed by atoms with Gasteiger partial charge in [0.1, 0.15) is 0 Å². The molecule has 2 aromatic rings. The molecule has 0 aliphatic rings. The normalized spacial score (nSPS) is 10.8. The van der Waals surface area contributed by atoms with Gasteiger partial charge in [0.05, 0.1) is 25.1 Å². The monoisotopic (exact) mass is 371 g/mol. The number of hydrogen-bond donors (Lipinski definition) is 1. The molecule has 0 aliphatic carbocycles. The highest BCUT2D eigenvalue weighted by Gasteiger charge is 2.11. The van der Waals surface area contributed by atoms with Crippen LogP contribution < -0.4 is 5.73 Å². The van der Waals surface area contributed by atoms with Gasteiger partial charge >= 0.3 is 0 Å². The van der Waals surface area contributed by atoms with Crippen molar-refractivity contribution < 1.29 is 0 Å². The molecule has 2 rings (SSSR count). The Balaban J connectivity index is 2.42. The molecule has 0 saturated heterocycles. The second-order valence-corrected chi connectivity index (χ2v) is 6.72. The second kappa shape index (κ2) is 6.21. The first-order valence-electron chi connectivity index (χ1n) is 4.95. The standard InChI is InChI=1S/C12H6Cl5NS/c13-5-1-9(17)11(3-7(5)15)19-12-4-8(16)6(14)2-10(12)18/h1-4H,18H2. The summed E-state index contributed by atoms with van der Waals surface area (Å²) in [7, 11) is 0. The molecular formula is C12H6Cl5NS. The van der Waals surface area contributed by atoms with E-state index >= 15 is 0 Å². The lowest BCUT2D eigenvalue weighted by Crippen LogP contribution is -1.89. The number of anilines is 1. The Morgan fingerprint density at radius 2 is 1.11 bits per heavy atom. The van der Waals surface area contributed by atoms with Crippen molar-refractivity contribution >= 4 is 75.5 Å². The van der Waals surface area contributed by atoms with Crippen LogP contribution in [0.2, 0.25) is 25.1 Å². The molecule has 0 spiro atoms. The van der Waals surface area contributed by atoms with Gasteiger partial charge in [-0.05, 0) is 24.3 Å². The molecule has 100 valence electrons. The highest BCUT2D eigenvalue weighted by Crippen LogP contribution is 2.42. The summed E-state index contributed by atoms with van der Waals surface area (Å²) in [5.41, 5.74) is 6.41. The molecule has 0 unspecified atom stereocenters. The van der Waals surface area contributed by atoms with Crippen LogP contribution in [0, 0.1) is 0 Å². The lowest BCUT2D eigenvalue weighted by atomic mass is 10.3. The topological polar surface area (TPSA) is 26.0 Å². The van der Waals surface area contributed by atoms with Gasteiger partial charge in [-0.1, -0.05) is 69.8 Å². The number of rotatable bonds is 2. The lowest BCUT2D eigenvalue weighted by molar-refractivity contribution is 1.41. The zero-order chi connectivity index (χ0) is 14.2. The zero-order valence-corrected chi connectivity index (χ0v) is 13.8. The van der Waals surface area contributed by atoms with Crippen molar-refractivity contribution in [1.82, 2.24) is 0 Å². The van der Waals surface area contributed by atoms with Crippen molar-refractivity contribution in [3.63, 3.8) is 0 Å². The molecule has 0 aromatic heterocycles. The van der Waals surface area contributed by atoms with Gasteiger partial charge in [0.15, 0.2) is 0 Å². The minimum atomic E-state index is 0.401. The van der Waals surface area contributed by atoms with E-state index < -0.39 is 0 Å². The Bertz CT molecular complexity index is 589. The van der Waals surface area contributed by atoms with E-state index in [-0.39, 0.29) is 0 Å². The quantitative estimate of drug-likeness (QED) is 0.469. The van der Waals surface area contributed by atoms with E-state index in [0.29, 0.717) is 30.8 Å². The van der Waals surface area contributed by atoms with E-state index in [1.807, 2.05) is 0 Å². The van der Waals surface area contributed by atoms with E-state index in [9.17, 15) is 0 Å². The van der Waals surface area contributed by atoms with Crippen molar-refractivity contribution in [3.8, 4) is 0 Å². The average molecular weight is 374 g/mol. The molecule has 0 bridgehead atoms. The Hall–Kier alpha value is 0.0400. The lowest BCUT2D eigenvalue weighted by Gasteiger charge is -2.09. The molecule has 0 aliphatic heterocycles. The van der Waals surface area contributed by atoms with Crippen LogP contribution in [0.25, 0.3) is 0 Å². The highest BCUT2D eigenvalue weighted by atomic mass is 35.5. The second-order valence-electron chi connectivity index (χ2n) is 3.60. The van der Waals surface area contributed by atoms with Gasteiger partial charge < -0.3 is 5.73 Å². The molecule has 7 heteroatoms. The highest BCUT2D eigenvalue weighted by molar-refractivity contribution is 7.99. The van der Waals surface area contributed by atoms with Gasteiger partial charge in [0, 0.05) is 15.5 Å². The maximum absolute atomic E-state index is 6.11. The zero-order valence-electron chi connectivity index (χ0n) is 9.18. The Morgan fingerprint density at radius 1 is 0.632 bits per heavy atom. The molecule has 2 aromatic carbocycles. The fourth-order valence-electron chi connectivity index (χ4n) is 1.33. The molecule has 0 radical (unpaired) electrons. The van der Waals surface area contributed by atoms with Crippen molar-refractivity contribution in [2.24, 2.45) is 0 Å². The van der Waals surface area contributed by atoms with Gasteiger partial charge in [-0.3, -0.25) is 0 Å². The molecule has 0 atom stereocenters. The minimum absolute atomic E-state index is 0.401. The summed E-state index contributed by atoms with van der Waals surface area (Å²) in [6.07, 6.45) is 0. The fraction of sp³-hybridized carbons (Fsp3) is 0. The summed E-state index contributed by atoms with van der Waals surface area (Å²) in [6.45, 7) is 0. The van der Waals surface area contributed by atoms with Gasteiger partial charge in [0.2, 0.25) is 0 Å². The van der Waals surface area contributed by atoms with E-state index in [1.165, 1.54) is 11.8 Å². The molecule has 1 nitrogen and oxygen atoms in total. The van der Waals surface area contributed by atoms with E-state index in [4.69, 9.17) is 63.7 Å². The van der Waals surface area contributed by atoms with E-state index in [2.05, 4.69) is 0 Å². The smallest absolute Gasteiger partial charge is 0.0613 e. The van der Waals surface area contributed by atoms with E-state index in [1.54, 1.807) is 24.3 Å². The molecular weight excluding hydrogens is 367 g/mol. The van der Waals surface area contributed by atoms with Crippen molar-refractivity contribution in [1.29, 1.82) is 0 Å². The minimum Gasteiger partial charge on any atom is -0.398 e. The van der Waals surface area contributed by atoms with Crippen LogP contribution in [0.15, 0.2) is 34.1 Å². The summed E-state index contributed by atoms with van der Waals surface area (Å²) in [5, 5.41) is 2.15. The molecule has 0 fully saturated rings. The molecule has 0 amide bonds. The van der Waals surface area contributed by atoms with Crippen LogP contribution in [0.4, 0.5) is 5.69 Å². The Labute approximate surface area is 139 Å². The first-order valence-corrected chi connectivity index (χ1v) is 7.66. The molecule has 0 saturated carbocycles. The number of benzene rings is 2. The summed E-state index contributed by atoms with van der Waals surface area (Å²) >= 11 is 31.1. The maximum Gasteiger partial charge on any atom is 0.0613 e. The number of hydrogen-bond acceptors (Lipinski definition) is 2. The first kappa shape index (κ1) is 15.4. The number of nitrogen functional groups attached to an aromatic ring is 1. The first-order chi connectivity index (χ1) is 8.88. The predicted molar refractivity (Wildman–Crippen MR) is 86.5 cm³/mol. The third-order valence-electron chi connectivity index (χ3n) is 2.25. The maximum atomic E-state index is 6.11. The fourth-order valence-corrected chi connectivity index (χ4v) is 3.38. The third kappa shape index (κ3) is 3.57. The largest absolute Gasteiger partial charge is 0.398 e. The van der Waals surface area contributed by atoms with E-state index in [0.717, 1.165) is 9.79 Å². The Morgan fingerprint density at radius 3 is 1.74 bits per heavy atom. The average Bonchev–Trinajstić information content (AvgIpc) is 2.32. The summed E-state index contributed by atoms with van der Waals surface area (Å²) in [5.74, 6) is 0. The van der Waals surface area contributed by atoms with Crippen LogP contribution in [-0.2, 0) is 0 Å². The molecule has 19 heavy (non-hydrogen) atoms. The van der Waals surface area contributed by atoms with Crippen molar-refractivity contribution in [2.75, 3.05) is 5.73 Å². The van der Waals surface area contributed by atoms with Crippen molar-refractivity contribution in [3.05, 3.63) is 49.4 Å². The molecule has 2 N–H and O–H groups in total. The van der Waals surface area contributed by atoms with Crippen LogP contribution in [0.3, 0.4) is 0 Å². The van der Waals surface area contributed by atoms with Gasteiger partial charge in [-0.25, -0.2) is 0 Å². The Kier molecular flexibility index (Phi) is 5.04. The number of halogens is 5. The van der Waals surface area contributed by atoms with Crippen LogP contribution >= 0.6 is 69.8 Å². The van der Waals surface area contributed by atoms with Crippen molar-refractivity contribution in [2.45, 2.75) is 9.79 Å². The van der Waals surface area contributed by atoms with Crippen LogP contribution in [-0.4, -0.2) is 0 Å². The predicted octanol–water partition coefficient (Wildman–Crippen LogP) is 6.69. The van der Waals surface area contributed by atoms with Gasteiger partial charge in [-0.15, -0.1) is 0 Å². The SMILES string of the molecule is Nc1cc(Cl)c(Cl)cc1Sc1cc(Cl)c(Cl)cc1Cl. The summed E-state index contributed by atoms with van der Waals surface area (Å²) in [4.78, 5) is 1.48. The van der Waals surface area contributed by atoms with Gasteiger partial charge in [-0.2, -0.15) is 0 Å².